The molecule has 21 heavy (non-hydrogen) atoms. The summed E-state index contributed by atoms with van der Waals surface area (Å²) in [6.07, 6.45) is 5.11. The van der Waals surface area contributed by atoms with Gasteiger partial charge in [0.15, 0.2) is 5.82 Å². The quantitative estimate of drug-likeness (QED) is 0.852. The van der Waals surface area contributed by atoms with Crippen LogP contribution in [0.3, 0.4) is 0 Å². The first kappa shape index (κ1) is 14.0. The Kier molecular flexibility index (Phi) is 4.15. The molecule has 0 aliphatic heterocycles. The molecule has 0 radical (unpaired) electrons. The molecule has 1 saturated carbocycles. The molecule has 1 aliphatic rings. The van der Waals surface area contributed by atoms with Crippen molar-refractivity contribution in [2.24, 2.45) is 0 Å². The van der Waals surface area contributed by atoms with Crippen molar-refractivity contribution >= 4 is 0 Å². The third-order valence-electron chi connectivity index (χ3n) is 3.42. The van der Waals surface area contributed by atoms with E-state index in [0.29, 0.717) is 11.8 Å². The second-order valence-corrected chi connectivity index (χ2v) is 5.12. The highest BCUT2D eigenvalue weighted by Gasteiger charge is 2.19. The molecule has 4 nitrogen and oxygen atoms in total. The highest BCUT2D eigenvalue weighted by atomic mass is 19.3. The van der Waals surface area contributed by atoms with E-state index in [2.05, 4.69) is 10.3 Å². The van der Waals surface area contributed by atoms with Crippen LogP contribution in [0.15, 0.2) is 36.7 Å². The zero-order valence-corrected chi connectivity index (χ0v) is 11.5. The number of nitrogens with one attached hydrogen (secondary N) is 1. The van der Waals surface area contributed by atoms with Gasteiger partial charge in [-0.3, -0.25) is 4.57 Å². The van der Waals surface area contributed by atoms with Gasteiger partial charge < -0.3 is 10.1 Å². The Morgan fingerprint density at radius 2 is 2.05 bits per heavy atom. The summed E-state index contributed by atoms with van der Waals surface area (Å²) in [6, 6.07) is 8.32. The monoisotopic (exact) mass is 293 g/mol. The molecule has 0 amide bonds. The number of benzene rings is 1. The number of halogens is 2. The van der Waals surface area contributed by atoms with Gasteiger partial charge in [-0.15, -0.1) is 0 Å². The number of rotatable bonds is 7. The molecule has 1 fully saturated rings. The lowest BCUT2D eigenvalue weighted by Gasteiger charge is -2.09. The van der Waals surface area contributed by atoms with Crippen molar-refractivity contribution < 1.29 is 13.5 Å². The zero-order valence-electron chi connectivity index (χ0n) is 11.5. The minimum Gasteiger partial charge on any atom is -0.486 e. The van der Waals surface area contributed by atoms with Crippen LogP contribution in [-0.4, -0.2) is 15.6 Å². The van der Waals surface area contributed by atoms with Crippen LogP contribution in [0.2, 0.25) is 0 Å². The maximum Gasteiger partial charge on any atom is 0.320 e. The lowest BCUT2D eigenvalue weighted by Crippen LogP contribution is -2.15. The number of imidazole rings is 1. The van der Waals surface area contributed by atoms with Gasteiger partial charge in [-0.1, -0.05) is 12.1 Å². The molecule has 1 aromatic heterocycles. The third kappa shape index (κ3) is 3.78. The standard InChI is InChI=1S/C15H17F2N3O/c16-15(17)20-8-7-18-14(20)10-21-13-5-1-11(2-6-13)9-19-12-3-4-12/h1-2,5-8,12,15,19H,3-4,9-10H2. The van der Waals surface area contributed by atoms with Gasteiger partial charge in [-0.2, -0.15) is 8.78 Å². The van der Waals surface area contributed by atoms with E-state index in [1.807, 2.05) is 24.3 Å². The Morgan fingerprint density at radius 1 is 1.29 bits per heavy atom. The first-order chi connectivity index (χ1) is 10.2. The summed E-state index contributed by atoms with van der Waals surface area (Å²) in [4.78, 5) is 3.87. The van der Waals surface area contributed by atoms with Gasteiger partial charge in [0.25, 0.3) is 0 Å². The van der Waals surface area contributed by atoms with Crippen LogP contribution in [0.4, 0.5) is 8.78 Å². The van der Waals surface area contributed by atoms with Gasteiger partial charge in [0.2, 0.25) is 0 Å². The van der Waals surface area contributed by atoms with Crippen molar-refractivity contribution in [2.45, 2.75) is 38.6 Å². The Hall–Kier alpha value is -1.95. The maximum absolute atomic E-state index is 12.7. The van der Waals surface area contributed by atoms with Crippen LogP contribution in [0.25, 0.3) is 0 Å². The highest BCUT2D eigenvalue weighted by molar-refractivity contribution is 5.27. The number of aromatic nitrogens is 2. The number of alkyl halides is 2. The lowest BCUT2D eigenvalue weighted by atomic mass is 10.2. The minimum absolute atomic E-state index is 0.0248. The molecule has 0 bridgehead atoms. The predicted molar refractivity (Wildman–Crippen MR) is 74.1 cm³/mol. The number of hydrogen-bond donors (Lipinski definition) is 1. The third-order valence-corrected chi connectivity index (χ3v) is 3.42. The van der Waals surface area contributed by atoms with Gasteiger partial charge in [-0.25, -0.2) is 4.98 Å². The van der Waals surface area contributed by atoms with Crippen LogP contribution in [-0.2, 0) is 13.2 Å². The van der Waals surface area contributed by atoms with E-state index in [-0.39, 0.29) is 12.4 Å². The van der Waals surface area contributed by atoms with Gasteiger partial charge in [0.1, 0.15) is 12.4 Å². The Labute approximate surface area is 121 Å². The van der Waals surface area contributed by atoms with Crippen molar-refractivity contribution in [3.05, 3.63) is 48.0 Å². The summed E-state index contributed by atoms with van der Waals surface area (Å²) < 4.78 is 31.6. The van der Waals surface area contributed by atoms with Crippen LogP contribution in [0.1, 0.15) is 30.8 Å². The van der Waals surface area contributed by atoms with Gasteiger partial charge >= 0.3 is 6.55 Å². The summed E-state index contributed by atoms with van der Waals surface area (Å²) in [5, 5.41) is 3.43. The zero-order chi connectivity index (χ0) is 14.7. The van der Waals surface area contributed by atoms with Crippen molar-refractivity contribution in [1.29, 1.82) is 0 Å². The smallest absolute Gasteiger partial charge is 0.320 e. The topological polar surface area (TPSA) is 39.1 Å². The molecule has 112 valence electrons. The van der Waals surface area contributed by atoms with Crippen LogP contribution in [0, 0.1) is 0 Å². The molecule has 0 saturated heterocycles. The molecule has 0 spiro atoms. The first-order valence-electron chi connectivity index (χ1n) is 6.97. The molecule has 1 aromatic carbocycles. The summed E-state index contributed by atoms with van der Waals surface area (Å²) in [7, 11) is 0. The number of nitrogens with zero attached hydrogens (tertiary/aromatic N) is 2. The van der Waals surface area contributed by atoms with Crippen LogP contribution in [0.5, 0.6) is 5.75 Å². The van der Waals surface area contributed by atoms with Gasteiger partial charge in [0.05, 0.1) is 0 Å². The van der Waals surface area contributed by atoms with E-state index in [4.69, 9.17) is 4.74 Å². The average Bonchev–Trinajstić information content (AvgIpc) is 3.19. The largest absolute Gasteiger partial charge is 0.486 e. The Morgan fingerprint density at radius 3 is 2.71 bits per heavy atom. The van der Waals surface area contributed by atoms with Gasteiger partial charge in [-0.05, 0) is 30.5 Å². The molecular weight excluding hydrogens is 276 g/mol. The van der Waals surface area contributed by atoms with Crippen molar-refractivity contribution in [2.75, 3.05) is 0 Å². The molecule has 3 rings (SSSR count). The fraction of sp³-hybridized carbons (Fsp3) is 0.400. The summed E-state index contributed by atoms with van der Waals surface area (Å²) in [6.45, 7) is -1.72. The summed E-state index contributed by atoms with van der Waals surface area (Å²) in [5.74, 6) is 0.860. The highest BCUT2D eigenvalue weighted by Crippen LogP contribution is 2.20. The van der Waals surface area contributed by atoms with Crippen molar-refractivity contribution in [3.63, 3.8) is 0 Å². The van der Waals surface area contributed by atoms with E-state index in [1.54, 1.807) is 0 Å². The molecule has 6 heteroatoms. The molecule has 0 atom stereocenters. The predicted octanol–water partition coefficient (Wildman–Crippen LogP) is 3.11. The van der Waals surface area contributed by atoms with Crippen LogP contribution < -0.4 is 10.1 Å². The molecule has 1 N–H and O–H groups in total. The van der Waals surface area contributed by atoms with E-state index in [0.717, 1.165) is 11.1 Å². The Balaban J connectivity index is 1.53. The SMILES string of the molecule is FC(F)n1ccnc1COc1ccc(CNC2CC2)cc1. The van der Waals surface area contributed by atoms with E-state index in [9.17, 15) is 8.78 Å². The molecule has 0 unspecified atom stereocenters. The number of hydrogen-bond acceptors (Lipinski definition) is 3. The molecule has 1 heterocycles. The average molecular weight is 293 g/mol. The van der Waals surface area contributed by atoms with Gasteiger partial charge in [0, 0.05) is 25.0 Å². The minimum atomic E-state index is -2.60. The molecular formula is C15H17F2N3O. The Bertz CT molecular complexity index is 579. The summed E-state index contributed by atoms with van der Waals surface area (Å²) >= 11 is 0. The summed E-state index contributed by atoms with van der Waals surface area (Å²) in [5.41, 5.74) is 1.18. The molecule has 2 aromatic rings. The van der Waals surface area contributed by atoms with E-state index in [1.165, 1.54) is 30.8 Å². The van der Waals surface area contributed by atoms with Crippen LogP contribution >= 0.6 is 0 Å². The number of ether oxygens (including phenoxy) is 1. The lowest BCUT2D eigenvalue weighted by molar-refractivity contribution is 0.0632. The van der Waals surface area contributed by atoms with E-state index >= 15 is 0 Å². The fourth-order valence-corrected chi connectivity index (χ4v) is 2.03. The maximum atomic E-state index is 12.7. The second-order valence-electron chi connectivity index (χ2n) is 5.12. The van der Waals surface area contributed by atoms with Crippen molar-refractivity contribution in [1.82, 2.24) is 14.9 Å². The second kappa shape index (κ2) is 6.22. The first-order valence-corrected chi connectivity index (χ1v) is 6.97. The van der Waals surface area contributed by atoms with Crippen molar-refractivity contribution in [3.8, 4) is 5.75 Å². The normalized spacial score (nSPS) is 14.6. The molecule has 1 aliphatic carbocycles. The fourth-order valence-electron chi connectivity index (χ4n) is 2.03. The van der Waals surface area contributed by atoms with E-state index < -0.39 is 6.55 Å².